The van der Waals surface area contributed by atoms with Crippen molar-refractivity contribution in [3.8, 4) is 0 Å². The second-order valence-corrected chi connectivity index (χ2v) is 6.42. The van der Waals surface area contributed by atoms with Gasteiger partial charge in [0.1, 0.15) is 0 Å². The summed E-state index contributed by atoms with van der Waals surface area (Å²) in [7, 11) is 1.36. The maximum atomic E-state index is 12.7. The molecule has 1 aliphatic carbocycles. The van der Waals surface area contributed by atoms with Crippen molar-refractivity contribution < 1.29 is 19.4 Å². The Kier molecular flexibility index (Phi) is 8.46. The number of aliphatic hydroxyl groups is 1. The van der Waals surface area contributed by atoms with Crippen molar-refractivity contribution in [1.29, 1.82) is 0 Å². The Morgan fingerprint density at radius 1 is 1.27 bits per heavy atom. The van der Waals surface area contributed by atoms with Crippen LogP contribution in [0.4, 0.5) is 0 Å². The van der Waals surface area contributed by atoms with Crippen molar-refractivity contribution in [3.63, 3.8) is 0 Å². The molecule has 2 atom stereocenters. The van der Waals surface area contributed by atoms with E-state index in [1.807, 2.05) is 6.92 Å². The van der Waals surface area contributed by atoms with Gasteiger partial charge in [-0.3, -0.25) is 9.59 Å². The average molecular weight is 313 g/mol. The number of hydrogen-bond donors (Lipinski definition) is 1. The van der Waals surface area contributed by atoms with Gasteiger partial charge in [0.15, 0.2) is 0 Å². The van der Waals surface area contributed by atoms with Crippen LogP contribution in [-0.4, -0.2) is 48.2 Å². The molecule has 0 heterocycles. The second-order valence-electron chi connectivity index (χ2n) is 6.42. The molecule has 1 N–H and O–H groups in total. The number of hydrogen-bond acceptors (Lipinski definition) is 4. The lowest BCUT2D eigenvalue weighted by Gasteiger charge is -2.33. The highest BCUT2D eigenvalue weighted by Gasteiger charge is 2.28. The molecule has 5 heteroatoms. The molecule has 1 saturated carbocycles. The molecule has 0 radical (unpaired) electrons. The van der Waals surface area contributed by atoms with E-state index in [1.165, 1.54) is 26.4 Å². The summed E-state index contributed by atoms with van der Waals surface area (Å²) >= 11 is 0. The van der Waals surface area contributed by atoms with Gasteiger partial charge < -0.3 is 14.7 Å². The van der Waals surface area contributed by atoms with E-state index in [9.17, 15) is 14.7 Å². The summed E-state index contributed by atoms with van der Waals surface area (Å²) < 4.78 is 4.75. The summed E-state index contributed by atoms with van der Waals surface area (Å²) in [5, 5.41) is 9.55. The van der Waals surface area contributed by atoms with Crippen LogP contribution < -0.4 is 0 Å². The number of carbonyl (C=O) groups is 2. The van der Waals surface area contributed by atoms with E-state index in [0.717, 1.165) is 12.8 Å². The van der Waals surface area contributed by atoms with Gasteiger partial charge in [-0.25, -0.2) is 0 Å². The Balaban J connectivity index is 2.70. The van der Waals surface area contributed by atoms with Crippen molar-refractivity contribution in [3.05, 3.63) is 0 Å². The summed E-state index contributed by atoms with van der Waals surface area (Å²) in [5.74, 6) is -0.180. The zero-order valence-corrected chi connectivity index (χ0v) is 14.2. The molecule has 128 valence electrons. The SMILES string of the molecule is CCC(CO)N(CC(C)C(=O)OC)C(=O)CC1CCCCC1. The van der Waals surface area contributed by atoms with Gasteiger partial charge in [0.2, 0.25) is 5.91 Å². The predicted molar refractivity (Wildman–Crippen MR) is 85.2 cm³/mol. The van der Waals surface area contributed by atoms with Gasteiger partial charge >= 0.3 is 5.97 Å². The van der Waals surface area contributed by atoms with Crippen LogP contribution in [0, 0.1) is 11.8 Å². The highest BCUT2D eigenvalue weighted by molar-refractivity contribution is 5.78. The first kappa shape index (κ1) is 18.9. The number of ether oxygens (including phenoxy) is 1. The zero-order valence-electron chi connectivity index (χ0n) is 14.2. The molecular formula is C17H31NO4. The summed E-state index contributed by atoms with van der Waals surface area (Å²) in [6, 6.07) is -0.219. The van der Waals surface area contributed by atoms with Gasteiger partial charge in [-0.15, -0.1) is 0 Å². The molecule has 0 aromatic heterocycles. The van der Waals surface area contributed by atoms with E-state index >= 15 is 0 Å². The maximum absolute atomic E-state index is 12.7. The summed E-state index contributed by atoms with van der Waals surface area (Å²) in [4.78, 5) is 26.0. The van der Waals surface area contributed by atoms with Crippen LogP contribution in [0.2, 0.25) is 0 Å². The molecular weight excluding hydrogens is 282 g/mol. The minimum absolute atomic E-state index is 0.0588. The topological polar surface area (TPSA) is 66.8 Å². The van der Waals surface area contributed by atoms with Crippen LogP contribution in [0.25, 0.3) is 0 Å². The zero-order chi connectivity index (χ0) is 16.5. The minimum atomic E-state index is -0.374. The fraction of sp³-hybridized carbons (Fsp3) is 0.882. The number of amides is 1. The van der Waals surface area contributed by atoms with Gasteiger partial charge in [0.05, 0.1) is 25.7 Å². The second kappa shape index (κ2) is 9.82. The molecule has 0 bridgehead atoms. The first-order chi connectivity index (χ1) is 10.5. The van der Waals surface area contributed by atoms with Crippen molar-refractivity contribution in [1.82, 2.24) is 4.90 Å². The first-order valence-corrected chi connectivity index (χ1v) is 8.51. The van der Waals surface area contributed by atoms with Crippen LogP contribution >= 0.6 is 0 Å². The lowest BCUT2D eigenvalue weighted by Crippen LogP contribution is -2.46. The maximum Gasteiger partial charge on any atom is 0.310 e. The number of carbonyl (C=O) groups excluding carboxylic acids is 2. The number of aliphatic hydroxyl groups excluding tert-OH is 1. The summed E-state index contributed by atoms with van der Waals surface area (Å²) in [6.45, 7) is 3.96. The molecule has 1 amide bonds. The lowest BCUT2D eigenvalue weighted by atomic mass is 9.86. The fourth-order valence-corrected chi connectivity index (χ4v) is 3.23. The summed E-state index contributed by atoms with van der Waals surface area (Å²) in [6.07, 6.45) is 7.11. The Morgan fingerprint density at radius 3 is 2.41 bits per heavy atom. The smallest absolute Gasteiger partial charge is 0.310 e. The van der Waals surface area contributed by atoms with Crippen molar-refractivity contribution in [2.75, 3.05) is 20.3 Å². The van der Waals surface area contributed by atoms with Crippen molar-refractivity contribution >= 4 is 11.9 Å². The van der Waals surface area contributed by atoms with Crippen LogP contribution in [0.15, 0.2) is 0 Å². The minimum Gasteiger partial charge on any atom is -0.469 e. The van der Waals surface area contributed by atoms with E-state index < -0.39 is 0 Å². The lowest BCUT2D eigenvalue weighted by molar-refractivity contribution is -0.147. The quantitative estimate of drug-likeness (QED) is 0.699. The third kappa shape index (κ3) is 5.59. The molecule has 1 aliphatic rings. The van der Waals surface area contributed by atoms with E-state index in [4.69, 9.17) is 4.74 Å². The van der Waals surface area contributed by atoms with Gasteiger partial charge in [-0.1, -0.05) is 33.1 Å². The number of nitrogens with zero attached hydrogens (tertiary/aromatic N) is 1. The third-order valence-electron chi connectivity index (χ3n) is 4.71. The number of methoxy groups -OCH3 is 1. The molecule has 1 rings (SSSR count). The van der Waals surface area contributed by atoms with Crippen molar-refractivity contribution in [2.24, 2.45) is 11.8 Å². The Hall–Kier alpha value is -1.10. The predicted octanol–water partition coefficient (Wildman–Crippen LogP) is 2.37. The molecule has 0 saturated heterocycles. The van der Waals surface area contributed by atoms with E-state index in [0.29, 0.717) is 25.3 Å². The van der Waals surface area contributed by atoms with Gasteiger partial charge in [0, 0.05) is 13.0 Å². The molecule has 0 aliphatic heterocycles. The Bertz CT molecular complexity index is 349. The van der Waals surface area contributed by atoms with Gasteiger partial charge in [0.25, 0.3) is 0 Å². The molecule has 0 aromatic carbocycles. The largest absolute Gasteiger partial charge is 0.469 e. The van der Waals surface area contributed by atoms with E-state index in [-0.39, 0.29) is 30.4 Å². The van der Waals surface area contributed by atoms with Gasteiger partial charge in [-0.2, -0.15) is 0 Å². The van der Waals surface area contributed by atoms with E-state index in [2.05, 4.69) is 0 Å². The number of esters is 1. The highest BCUT2D eigenvalue weighted by atomic mass is 16.5. The van der Waals surface area contributed by atoms with Crippen LogP contribution in [0.5, 0.6) is 0 Å². The normalized spacial score (nSPS) is 18.5. The van der Waals surface area contributed by atoms with Crippen LogP contribution in [-0.2, 0) is 14.3 Å². The number of rotatable bonds is 8. The third-order valence-corrected chi connectivity index (χ3v) is 4.71. The first-order valence-electron chi connectivity index (χ1n) is 8.51. The highest BCUT2D eigenvalue weighted by Crippen LogP contribution is 2.27. The van der Waals surface area contributed by atoms with Crippen LogP contribution in [0.3, 0.4) is 0 Å². The van der Waals surface area contributed by atoms with Crippen LogP contribution in [0.1, 0.15) is 58.8 Å². The molecule has 2 unspecified atom stereocenters. The molecule has 0 aromatic rings. The standard InChI is InChI=1S/C17H31NO4/c1-4-15(12-19)18(11-13(2)17(21)22-3)16(20)10-14-8-6-5-7-9-14/h13-15,19H,4-12H2,1-3H3. The van der Waals surface area contributed by atoms with Gasteiger partial charge in [-0.05, 0) is 25.2 Å². The average Bonchev–Trinajstić information content (AvgIpc) is 2.54. The molecule has 22 heavy (non-hydrogen) atoms. The van der Waals surface area contributed by atoms with Crippen molar-refractivity contribution in [2.45, 2.75) is 64.8 Å². The van der Waals surface area contributed by atoms with E-state index in [1.54, 1.807) is 11.8 Å². The Labute approximate surface area is 134 Å². The monoisotopic (exact) mass is 313 g/mol. The molecule has 0 spiro atoms. The Morgan fingerprint density at radius 2 is 1.91 bits per heavy atom. The fourth-order valence-electron chi connectivity index (χ4n) is 3.23. The summed E-state index contributed by atoms with van der Waals surface area (Å²) in [5.41, 5.74) is 0. The molecule has 1 fully saturated rings. The molecule has 5 nitrogen and oxygen atoms in total.